The number of amides is 1. The molecular weight excluding hydrogens is 206 g/mol. The van der Waals surface area contributed by atoms with Crippen molar-refractivity contribution in [3.8, 4) is 0 Å². The maximum Gasteiger partial charge on any atom is 0.257 e. The minimum absolute atomic E-state index is 0.113. The maximum absolute atomic E-state index is 11.8. The fraction of sp³-hybridized carbons (Fsp3) is 0.455. The van der Waals surface area contributed by atoms with Gasteiger partial charge in [-0.05, 0) is 5.92 Å². The first-order valence-electron chi connectivity index (χ1n) is 5.24. The van der Waals surface area contributed by atoms with E-state index in [0.717, 1.165) is 0 Å². The van der Waals surface area contributed by atoms with Crippen molar-refractivity contribution in [2.75, 3.05) is 6.54 Å². The SMILES string of the molecule is CC(C)C(CN)NC(=O)c1c[nH]ccc1=O. The van der Waals surface area contributed by atoms with Gasteiger partial charge >= 0.3 is 0 Å². The molecule has 1 aromatic heterocycles. The fourth-order valence-electron chi connectivity index (χ4n) is 1.34. The summed E-state index contributed by atoms with van der Waals surface area (Å²) in [6, 6.07) is 1.20. The average molecular weight is 223 g/mol. The van der Waals surface area contributed by atoms with Crippen LogP contribution in [0.3, 0.4) is 0 Å². The molecule has 0 aliphatic carbocycles. The van der Waals surface area contributed by atoms with Crippen molar-refractivity contribution in [3.05, 3.63) is 34.2 Å². The first kappa shape index (κ1) is 12.4. The zero-order chi connectivity index (χ0) is 12.1. The second-order valence-electron chi connectivity index (χ2n) is 3.98. The molecule has 0 aliphatic heterocycles. The van der Waals surface area contributed by atoms with Crippen LogP contribution in [0.25, 0.3) is 0 Å². The number of aromatic amines is 1. The monoisotopic (exact) mass is 223 g/mol. The number of carbonyl (C=O) groups is 1. The van der Waals surface area contributed by atoms with Crippen LogP contribution in [0.2, 0.25) is 0 Å². The summed E-state index contributed by atoms with van der Waals surface area (Å²) in [6.45, 7) is 4.29. The van der Waals surface area contributed by atoms with Crippen LogP contribution < -0.4 is 16.5 Å². The lowest BCUT2D eigenvalue weighted by Gasteiger charge is -2.20. The van der Waals surface area contributed by atoms with Crippen molar-refractivity contribution in [3.63, 3.8) is 0 Å². The summed E-state index contributed by atoms with van der Waals surface area (Å²) >= 11 is 0. The van der Waals surface area contributed by atoms with Crippen molar-refractivity contribution in [2.24, 2.45) is 11.7 Å². The Kier molecular flexibility index (Phi) is 4.25. The molecule has 1 heterocycles. The lowest BCUT2D eigenvalue weighted by Crippen LogP contribution is -2.44. The zero-order valence-corrected chi connectivity index (χ0v) is 9.49. The largest absolute Gasteiger partial charge is 0.367 e. The van der Waals surface area contributed by atoms with Crippen LogP contribution in [0.15, 0.2) is 23.3 Å². The first-order chi connectivity index (χ1) is 7.56. The van der Waals surface area contributed by atoms with E-state index in [-0.39, 0.29) is 28.9 Å². The number of nitrogens with two attached hydrogens (primary N) is 1. The van der Waals surface area contributed by atoms with Gasteiger partial charge in [-0.3, -0.25) is 9.59 Å². The van der Waals surface area contributed by atoms with Gasteiger partial charge in [0.05, 0.1) is 0 Å². The molecule has 0 saturated carbocycles. The predicted octanol–water partition coefficient (Wildman–Crippen LogP) is 0.0880. The van der Waals surface area contributed by atoms with Crippen LogP contribution in [0, 0.1) is 5.92 Å². The van der Waals surface area contributed by atoms with Gasteiger partial charge in [-0.1, -0.05) is 13.8 Å². The van der Waals surface area contributed by atoms with Crippen LogP contribution in [0.1, 0.15) is 24.2 Å². The molecule has 0 radical (unpaired) electrons. The highest BCUT2D eigenvalue weighted by atomic mass is 16.2. The number of aromatic nitrogens is 1. The smallest absolute Gasteiger partial charge is 0.257 e. The van der Waals surface area contributed by atoms with Crippen molar-refractivity contribution in [1.82, 2.24) is 10.3 Å². The summed E-state index contributed by atoms with van der Waals surface area (Å²) in [4.78, 5) is 25.9. The Morgan fingerprint density at radius 1 is 1.56 bits per heavy atom. The number of hydrogen-bond acceptors (Lipinski definition) is 3. The van der Waals surface area contributed by atoms with E-state index in [1.165, 1.54) is 18.5 Å². The van der Waals surface area contributed by atoms with Crippen molar-refractivity contribution in [2.45, 2.75) is 19.9 Å². The minimum Gasteiger partial charge on any atom is -0.367 e. The molecular formula is C11H17N3O2. The quantitative estimate of drug-likeness (QED) is 0.676. The van der Waals surface area contributed by atoms with Gasteiger partial charge in [-0.25, -0.2) is 0 Å². The molecule has 88 valence electrons. The van der Waals surface area contributed by atoms with E-state index in [9.17, 15) is 9.59 Å². The standard InChI is InChI=1S/C11H17N3O2/c1-7(2)9(5-12)14-11(16)8-6-13-4-3-10(8)15/h3-4,6-7,9H,5,12H2,1-2H3,(H,13,15)(H,14,16). The van der Waals surface area contributed by atoms with Crippen LogP contribution >= 0.6 is 0 Å². The number of pyridine rings is 1. The summed E-state index contributed by atoms with van der Waals surface area (Å²) in [6.07, 6.45) is 2.88. The van der Waals surface area contributed by atoms with Gasteiger partial charge < -0.3 is 16.0 Å². The van der Waals surface area contributed by atoms with E-state index >= 15 is 0 Å². The highest BCUT2D eigenvalue weighted by molar-refractivity contribution is 5.93. The fourth-order valence-corrected chi connectivity index (χ4v) is 1.34. The number of rotatable bonds is 4. The Balaban J connectivity index is 2.80. The van der Waals surface area contributed by atoms with Gasteiger partial charge in [-0.15, -0.1) is 0 Å². The molecule has 4 N–H and O–H groups in total. The average Bonchev–Trinajstić information content (AvgIpc) is 2.25. The van der Waals surface area contributed by atoms with Crippen LogP contribution in [-0.4, -0.2) is 23.5 Å². The van der Waals surface area contributed by atoms with Crippen molar-refractivity contribution in [1.29, 1.82) is 0 Å². The Morgan fingerprint density at radius 2 is 2.25 bits per heavy atom. The van der Waals surface area contributed by atoms with E-state index in [1.807, 2.05) is 13.8 Å². The normalized spacial score (nSPS) is 12.5. The third-order valence-electron chi connectivity index (χ3n) is 2.44. The summed E-state index contributed by atoms with van der Waals surface area (Å²) < 4.78 is 0. The lowest BCUT2D eigenvalue weighted by molar-refractivity contribution is 0.0926. The van der Waals surface area contributed by atoms with Crippen LogP contribution in [0.4, 0.5) is 0 Å². The highest BCUT2D eigenvalue weighted by Crippen LogP contribution is 2.00. The third-order valence-corrected chi connectivity index (χ3v) is 2.44. The topological polar surface area (TPSA) is 88.0 Å². The molecule has 1 rings (SSSR count). The van der Waals surface area contributed by atoms with Crippen LogP contribution in [0.5, 0.6) is 0 Å². The molecule has 0 bridgehead atoms. The van der Waals surface area contributed by atoms with Gasteiger partial charge in [-0.2, -0.15) is 0 Å². The molecule has 1 atom stereocenters. The van der Waals surface area contributed by atoms with E-state index < -0.39 is 0 Å². The lowest BCUT2D eigenvalue weighted by atomic mass is 10.0. The van der Waals surface area contributed by atoms with E-state index in [4.69, 9.17) is 5.73 Å². The summed E-state index contributed by atoms with van der Waals surface area (Å²) in [7, 11) is 0. The molecule has 0 aromatic carbocycles. The second kappa shape index (κ2) is 5.46. The van der Waals surface area contributed by atoms with Gasteiger partial charge in [0.25, 0.3) is 5.91 Å². The molecule has 0 aliphatic rings. The zero-order valence-electron chi connectivity index (χ0n) is 9.49. The van der Waals surface area contributed by atoms with E-state index in [1.54, 1.807) is 0 Å². The predicted molar refractivity (Wildman–Crippen MR) is 62.2 cm³/mol. The molecule has 0 saturated heterocycles. The van der Waals surface area contributed by atoms with Crippen molar-refractivity contribution < 1.29 is 4.79 Å². The Morgan fingerprint density at radius 3 is 2.75 bits per heavy atom. The molecule has 5 heteroatoms. The molecule has 1 aromatic rings. The van der Waals surface area contributed by atoms with Crippen molar-refractivity contribution >= 4 is 5.91 Å². The number of nitrogens with one attached hydrogen (secondary N) is 2. The van der Waals surface area contributed by atoms with E-state index in [2.05, 4.69) is 10.3 Å². The Labute approximate surface area is 94.1 Å². The van der Waals surface area contributed by atoms with Crippen LogP contribution in [-0.2, 0) is 0 Å². The maximum atomic E-state index is 11.8. The Hall–Kier alpha value is -1.62. The summed E-state index contributed by atoms with van der Waals surface area (Å²) in [5.41, 5.74) is 5.35. The Bertz CT molecular complexity index is 412. The molecule has 1 unspecified atom stereocenters. The molecule has 0 spiro atoms. The molecule has 1 amide bonds. The van der Waals surface area contributed by atoms with E-state index in [0.29, 0.717) is 6.54 Å². The second-order valence-corrected chi connectivity index (χ2v) is 3.98. The molecule has 16 heavy (non-hydrogen) atoms. The summed E-state index contributed by atoms with van der Waals surface area (Å²) in [5.74, 6) is -0.150. The molecule has 0 fully saturated rings. The third kappa shape index (κ3) is 2.93. The number of hydrogen-bond donors (Lipinski definition) is 3. The number of H-pyrrole nitrogens is 1. The van der Waals surface area contributed by atoms with Gasteiger partial charge in [0.2, 0.25) is 0 Å². The number of carbonyl (C=O) groups excluding carboxylic acids is 1. The van der Waals surface area contributed by atoms with Gasteiger partial charge in [0.15, 0.2) is 5.43 Å². The van der Waals surface area contributed by atoms with Gasteiger partial charge in [0.1, 0.15) is 5.56 Å². The minimum atomic E-state index is -0.383. The highest BCUT2D eigenvalue weighted by Gasteiger charge is 2.16. The first-order valence-corrected chi connectivity index (χ1v) is 5.24. The van der Waals surface area contributed by atoms with Gasteiger partial charge in [0, 0.05) is 31.0 Å². The summed E-state index contributed by atoms with van der Waals surface area (Å²) in [5, 5.41) is 2.74. The molecule has 5 nitrogen and oxygen atoms in total.